The van der Waals surface area contributed by atoms with Gasteiger partial charge in [0, 0.05) is 11.4 Å². The molecule has 1 aromatic heterocycles. The van der Waals surface area contributed by atoms with E-state index < -0.39 is 0 Å². The number of piperidine rings is 1. The zero-order valence-corrected chi connectivity index (χ0v) is 15.2. The van der Waals surface area contributed by atoms with E-state index in [0.29, 0.717) is 26.8 Å². The Morgan fingerprint density at radius 2 is 2.38 bits per heavy atom. The van der Waals surface area contributed by atoms with Crippen LogP contribution in [0.25, 0.3) is 0 Å². The van der Waals surface area contributed by atoms with Crippen LogP contribution in [0.1, 0.15) is 18.5 Å². The number of aromatic nitrogens is 2. The van der Waals surface area contributed by atoms with Crippen LogP contribution in [-0.2, 0) is 0 Å². The number of nitrogens with zero attached hydrogens (tertiary/aromatic N) is 2. The summed E-state index contributed by atoms with van der Waals surface area (Å²) in [6, 6.07) is 4.45. The van der Waals surface area contributed by atoms with Crippen molar-refractivity contribution >= 4 is 39.2 Å². The van der Waals surface area contributed by atoms with Crippen molar-refractivity contribution in [3.05, 3.63) is 34.2 Å². The molecule has 128 valence electrons. The summed E-state index contributed by atoms with van der Waals surface area (Å²) in [6.07, 6.45) is 2.38. The van der Waals surface area contributed by atoms with Gasteiger partial charge in [0.25, 0.3) is 0 Å². The molecule has 3 N–H and O–H groups in total. The van der Waals surface area contributed by atoms with Crippen molar-refractivity contribution in [3.8, 4) is 0 Å². The highest BCUT2D eigenvalue weighted by Gasteiger charge is 2.19. The Kier molecular flexibility index (Phi) is 5.85. The molecule has 1 unspecified atom stereocenters. The molecule has 0 amide bonds. The van der Waals surface area contributed by atoms with Crippen LogP contribution in [-0.4, -0.2) is 35.0 Å². The van der Waals surface area contributed by atoms with Crippen LogP contribution in [0, 0.1) is 17.1 Å². The molecule has 0 bridgehead atoms. The SMILES string of the molecule is N=C(Nc1ccc(F)c(Br)c1)c1nonc1SCC1CCCNC1. The molecule has 1 saturated heterocycles. The summed E-state index contributed by atoms with van der Waals surface area (Å²) in [6.45, 7) is 2.09. The van der Waals surface area contributed by atoms with Gasteiger partial charge in [-0.05, 0) is 76.3 Å². The van der Waals surface area contributed by atoms with E-state index in [9.17, 15) is 4.39 Å². The fourth-order valence-corrected chi connectivity index (χ4v) is 3.89. The zero-order chi connectivity index (χ0) is 16.9. The lowest BCUT2D eigenvalue weighted by Gasteiger charge is -2.21. The van der Waals surface area contributed by atoms with Gasteiger partial charge in [0.2, 0.25) is 0 Å². The number of rotatable bonds is 5. The average Bonchev–Trinajstić information content (AvgIpc) is 3.06. The highest BCUT2D eigenvalue weighted by molar-refractivity contribution is 9.10. The molecule has 2 aromatic rings. The molecule has 1 aromatic carbocycles. The molecular formula is C15H17BrFN5OS. The van der Waals surface area contributed by atoms with Crippen molar-refractivity contribution in [2.75, 3.05) is 24.2 Å². The lowest BCUT2D eigenvalue weighted by atomic mass is 10.0. The van der Waals surface area contributed by atoms with Crippen molar-refractivity contribution in [2.45, 2.75) is 17.9 Å². The third-order valence-corrected chi connectivity index (χ3v) is 5.53. The molecule has 3 rings (SSSR count). The Hall–Kier alpha value is -1.45. The minimum Gasteiger partial charge on any atom is -0.339 e. The molecule has 1 atom stereocenters. The summed E-state index contributed by atoms with van der Waals surface area (Å²) in [5, 5.41) is 22.8. The average molecular weight is 414 g/mol. The Morgan fingerprint density at radius 3 is 3.12 bits per heavy atom. The normalized spacial score (nSPS) is 17.7. The van der Waals surface area contributed by atoms with Gasteiger partial charge in [0.05, 0.1) is 4.47 Å². The molecule has 0 radical (unpaired) electrons. The van der Waals surface area contributed by atoms with Crippen molar-refractivity contribution < 1.29 is 9.02 Å². The quantitative estimate of drug-likeness (QED) is 0.395. The molecule has 2 heterocycles. The molecule has 24 heavy (non-hydrogen) atoms. The summed E-state index contributed by atoms with van der Waals surface area (Å²) in [4.78, 5) is 0. The van der Waals surface area contributed by atoms with E-state index >= 15 is 0 Å². The predicted molar refractivity (Wildman–Crippen MR) is 95.2 cm³/mol. The van der Waals surface area contributed by atoms with Crippen LogP contribution < -0.4 is 10.6 Å². The summed E-state index contributed by atoms with van der Waals surface area (Å²) in [7, 11) is 0. The number of amidine groups is 1. The summed E-state index contributed by atoms with van der Waals surface area (Å²) >= 11 is 4.67. The second-order valence-corrected chi connectivity index (χ2v) is 7.43. The minimum atomic E-state index is -0.354. The van der Waals surface area contributed by atoms with Gasteiger partial charge in [0.1, 0.15) is 5.82 Å². The van der Waals surface area contributed by atoms with Crippen LogP contribution in [0.3, 0.4) is 0 Å². The summed E-state index contributed by atoms with van der Waals surface area (Å²) in [5.74, 6) is 1.21. The van der Waals surface area contributed by atoms with Crippen LogP contribution in [0.4, 0.5) is 10.1 Å². The van der Waals surface area contributed by atoms with Gasteiger partial charge < -0.3 is 10.6 Å². The number of thioether (sulfide) groups is 1. The molecule has 1 aliphatic heterocycles. The van der Waals surface area contributed by atoms with Crippen molar-refractivity contribution in [2.24, 2.45) is 5.92 Å². The van der Waals surface area contributed by atoms with E-state index in [1.165, 1.54) is 18.9 Å². The van der Waals surface area contributed by atoms with E-state index in [1.54, 1.807) is 23.9 Å². The second-order valence-electron chi connectivity index (χ2n) is 5.57. The number of nitrogens with one attached hydrogen (secondary N) is 3. The smallest absolute Gasteiger partial charge is 0.183 e. The molecular weight excluding hydrogens is 397 g/mol. The number of hydrogen-bond donors (Lipinski definition) is 3. The largest absolute Gasteiger partial charge is 0.339 e. The van der Waals surface area contributed by atoms with Crippen LogP contribution in [0.5, 0.6) is 0 Å². The van der Waals surface area contributed by atoms with Gasteiger partial charge in [0.15, 0.2) is 16.6 Å². The van der Waals surface area contributed by atoms with Gasteiger partial charge in [-0.2, -0.15) is 0 Å². The first kappa shape index (κ1) is 17.4. The number of hydrogen-bond acceptors (Lipinski definition) is 6. The number of halogens is 2. The predicted octanol–water partition coefficient (Wildman–Crippen LogP) is 3.50. The van der Waals surface area contributed by atoms with Crippen molar-refractivity contribution in [1.29, 1.82) is 5.41 Å². The first-order chi connectivity index (χ1) is 11.6. The van der Waals surface area contributed by atoms with E-state index in [2.05, 4.69) is 36.9 Å². The Balaban J connectivity index is 1.62. The lowest BCUT2D eigenvalue weighted by Crippen LogP contribution is -2.30. The molecule has 6 nitrogen and oxygen atoms in total. The van der Waals surface area contributed by atoms with Crippen molar-refractivity contribution in [3.63, 3.8) is 0 Å². The minimum absolute atomic E-state index is 0.0685. The van der Waals surface area contributed by atoms with E-state index in [0.717, 1.165) is 18.8 Å². The fraction of sp³-hybridized carbons (Fsp3) is 0.400. The maximum absolute atomic E-state index is 13.3. The van der Waals surface area contributed by atoms with Gasteiger partial charge >= 0.3 is 0 Å². The third kappa shape index (κ3) is 4.34. The van der Waals surface area contributed by atoms with Crippen LogP contribution in [0.2, 0.25) is 0 Å². The molecule has 1 aliphatic rings. The molecule has 9 heteroatoms. The Labute approximate surface area is 151 Å². The molecule has 1 fully saturated rings. The Morgan fingerprint density at radius 1 is 1.50 bits per heavy atom. The van der Waals surface area contributed by atoms with Gasteiger partial charge in [-0.3, -0.25) is 5.41 Å². The molecule has 0 spiro atoms. The van der Waals surface area contributed by atoms with Gasteiger partial charge in [-0.25, -0.2) is 9.02 Å². The first-order valence-corrected chi connectivity index (χ1v) is 9.38. The molecule has 0 aliphatic carbocycles. The van der Waals surface area contributed by atoms with Gasteiger partial charge in [-0.15, -0.1) is 11.8 Å². The summed E-state index contributed by atoms with van der Waals surface area (Å²) < 4.78 is 18.4. The van der Waals surface area contributed by atoms with Crippen molar-refractivity contribution in [1.82, 2.24) is 15.6 Å². The maximum Gasteiger partial charge on any atom is 0.183 e. The number of anilines is 1. The lowest BCUT2D eigenvalue weighted by molar-refractivity contribution is 0.298. The highest BCUT2D eigenvalue weighted by Crippen LogP contribution is 2.26. The highest BCUT2D eigenvalue weighted by atomic mass is 79.9. The van der Waals surface area contributed by atoms with E-state index in [-0.39, 0.29) is 11.7 Å². The topological polar surface area (TPSA) is 86.8 Å². The Bertz CT molecular complexity index is 720. The van der Waals surface area contributed by atoms with E-state index in [1.807, 2.05) is 0 Å². The zero-order valence-electron chi connectivity index (χ0n) is 12.8. The fourth-order valence-electron chi connectivity index (χ4n) is 2.47. The monoisotopic (exact) mass is 413 g/mol. The first-order valence-electron chi connectivity index (χ1n) is 7.60. The second kappa shape index (κ2) is 8.09. The number of benzene rings is 1. The molecule has 0 saturated carbocycles. The third-order valence-electron chi connectivity index (χ3n) is 3.74. The maximum atomic E-state index is 13.3. The van der Waals surface area contributed by atoms with Crippen LogP contribution >= 0.6 is 27.7 Å². The van der Waals surface area contributed by atoms with Crippen LogP contribution in [0.15, 0.2) is 32.3 Å². The van der Waals surface area contributed by atoms with Gasteiger partial charge in [-0.1, -0.05) is 0 Å². The summed E-state index contributed by atoms with van der Waals surface area (Å²) in [5.41, 5.74) is 0.952. The standard InChI is InChI=1S/C15H17BrFN5OS/c16-11-6-10(3-4-12(11)17)20-14(18)13-15(22-23-21-13)24-8-9-2-1-5-19-7-9/h3-4,6,9,19H,1-2,5,7-8H2,(H2,18,20). The van der Waals surface area contributed by atoms with E-state index in [4.69, 9.17) is 10.0 Å².